The number of carbonyl (C=O) groups is 2. The molecule has 0 bridgehead atoms. The molecule has 4 aromatic rings. The number of ketones is 1. The van der Waals surface area contributed by atoms with Gasteiger partial charge in [-0.2, -0.15) is 0 Å². The van der Waals surface area contributed by atoms with Gasteiger partial charge in [-0.1, -0.05) is 66.2 Å². The zero-order chi connectivity index (χ0) is 23.2. The first-order valence-electron chi connectivity index (χ1n) is 10.3. The Hall–Kier alpha value is -4.09. The Morgan fingerprint density at radius 3 is 2.15 bits per heavy atom. The minimum absolute atomic E-state index is 0.129. The van der Waals surface area contributed by atoms with Gasteiger partial charge in [0.25, 0.3) is 0 Å². The highest BCUT2D eigenvalue weighted by Crippen LogP contribution is 2.29. The van der Waals surface area contributed by atoms with Gasteiger partial charge in [0.15, 0.2) is 5.78 Å². The Kier molecular flexibility index (Phi) is 6.72. The number of rotatable bonds is 6. The fraction of sp³-hybridized carbons (Fsp3) is 0.0370. The molecule has 0 aliphatic heterocycles. The monoisotopic (exact) mass is 456 g/mol. The largest absolute Gasteiger partial charge is 0.417 e. The Bertz CT molecular complexity index is 1310. The lowest BCUT2D eigenvalue weighted by Crippen LogP contribution is -2.17. The molecule has 0 heterocycles. The molecule has 0 saturated heterocycles. The molecule has 0 unspecified atom stereocenters. The summed E-state index contributed by atoms with van der Waals surface area (Å²) in [4.78, 5) is 25.2. The fourth-order valence-corrected chi connectivity index (χ4v) is 3.60. The van der Waals surface area contributed by atoms with E-state index in [1.165, 1.54) is 0 Å². The first kappa shape index (κ1) is 22.1. The summed E-state index contributed by atoms with van der Waals surface area (Å²) in [6.45, 7) is 1.89. The summed E-state index contributed by atoms with van der Waals surface area (Å²) >= 11 is 6.46. The van der Waals surface area contributed by atoms with E-state index < -0.39 is 6.09 Å². The molecule has 5 nitrogen and oxygen atoms in total. The number of nitrogens with one attached hydrogen (secondary N) is 2. The molecule has 0 radical (unpaired) electrons. The molecule has 4 aromatic carbocycles. The molecule has 33 heavy (non-hydrogen) atoms. The molecule has 0 fully saturated rings. The van der Waals surface area contributed by atoms with E-state index in [1.807, 2.05) is 43.3 Å². The maximum absolute atomic E-state index is 12.9. The lowest BCUT2D eigenvalue weighted by atomic mass is 9.99. The number of anilines is 3. The summed E-state index contributed by atoms with van der Waals surface area (Å²) in [6, 6.07) is 28.6. The number of benzene rings is 4. The second-order valence-electron chi connectivity index (χ2n) is 7.34. The first-order chi connectivity index (χ1) is 16.0. The van der Waals surface area contributed by atoms with Crippen molar-refractivity contribution in [3.8, 4) is 5.75 Å². The van der Waals surface area contributed by atoms with Crippen molar-refractivity contribution in [2.45, 2.75) is 6.92 Å². The predicted molar refractivity (Wildman–Crippen MR) is 132 cm³/mol. The predicted octanol–water partition coefficient (Wildman–Crippen LogP) is 7.23. The molecule has 0 atom stereocenters. The van der Waals surface area contributed by atoms with Crippen LogP contribution in [0.5, 0.6) is 5.75 Å². The van der Waals surface area contributed by atoms with E-state index >= 15 is 0 Å². The minimum Gasteiger partial charge on any atom is -0.410 e. The van der Waals surface area contributed by atoms with E-state index in [1.54, 1.807) is 60.7 Å². The van der Waals surface area contributed by atoms with Crippen LogP contribution in [0.25, 0.3) is 0 Å². The number of amides is 1. The molecular weight excluding hydrogens is 436 g/mol. The van der Waals surface area contributed by atoms with Crippen LogP contribution in [0.4, 0.5) is 21.9 Å². The second-order valence-corrected chi connectivity index (χ2v) is 7.74. The number of carbonyl (C=O) groups excluding carboxylic acids is 2. The SMILES string of the molecule is Cc1ccccc1C(=O)c1ccc(Nc2ccccc2NC(=O)Oc2ccccc2)cc1Cl. The maximum atomic E-state index is 12.9. The average Bonchev–Trinajstić information content (AvgIpc) is 2.81. The van der Waals surface area contributed by atoms with Gasteiger partial charge in [0.1, 0.15) is 5.75 Å². The van der Waals surface area contributed by atoms with Crippen LogP contribution in [0.15, 0.2) is 97.1 Å². The number of para-hydroxylation sites is 3. The summed E-state index contributed by atoms with van der Waals surface area (Å²) in [7, 11) is 0. The van der Waals surface area contributed by atoms with Crippen LogP contribution in [0.1, 0.15) is 21.5 Å². The van der Waals surface area contributed by atoms with Crippen molar-refractivity contribution in [1.82, 2.24) is 0 Å². The fourth-order valence-electron chi connectivity index (χ4n) is 3.34. The second kappa shape index (κ2) is 10.0. The van der Waals surface area contributed by atoms with Gasteiger partial charge in [0, 0.05) is 16.8 Å². The summed E-state index contributed by atoms with van der Waals surface area (Å²) in [5.41, 5.74) is 3.79. The van der Waals surface area contributed by atoms with Crippen LogP contribution in [0.2, 0.25) is 5.02 Å². The normalized spacial score (nSPS) is 10.4. The Balaban J connectivity index is 1.50. The van der Waals surface area contributed by atoms with Crippen molar-refractivity contribution in [3.05, 3.63) is 119 Å². The van der Waals surface area contributed by atoms with Crippen molar-refractivity contribution in [2.24, 2.45) is 0 Å². The average molecular weight is 457 g/mol. The van der Waals surface area contributed by atoms with Crippen LogP contribution < -0.4 is 15.4 Å². The van der Waals surface area contributed by atoms with E-state index in [0.717, 1.165) is 5.56 Å². The highest BCUT2D eigenvalue weighted by Gasteiger charge is 2.16. The molecule has 6 heteroatoms. The van der Waals surface area contributed by atoms with E-state index in [2.05, 4.69) is 10.6 Å². The Morgan fingerprint density at radius 2 is 1.42 bits per heavy atom. The lowest BCUT2D eigenvalue weighted by Gasteiger charge is -2.14. The van der Waals surface area contributed by atoms with Crippen molar-refractivity contribution < 1.29 is 14.3 Å². The maximum Gasteiger partial charge on any atom is 0.417 e. The zero-order valence-electron chi connectivity index (χ0n) is 17.8. The third-order valence-electron chi connectivity index (χ3n) is 5.00. The molecule has 0 aliphatic rings. The Morgan fingerprint density at radius 1 is 0.758 bits per heavy atom. The highest BCUT2D eigenvalue weighted by atomic mass is 35.5. The van der Waals surface area contributed by atoms with Gasteiger partial charge < -0.3 is 10.1 Å². The number of hydrogen-bond donors (Lipinski definition) is 2. The van der Waals surface area contributed by atoms with Crippen LogP contribution in [-0.4, -0.2) is 11.9 Å². The third-order valence-corrected chi connectivity index (χ3v) is 5.31. The highest BCUT2D eigenvalue weighted by molar-refractivity contribution is 6.35. The van der Waals surface area contributed by atoms with Crippen molar-refractivity contribution in [3.63, 3.8) is 0 Å². The molecule has 0 saturated carbocycles. The van der Waals surface area contributed by atoms with Crippen molar-refractivity contribution in [1.29, 1.82) is 0 Å². The van der Waals surface area contributed by atoms with E-state index in [9.17, 15) is 9.59 Å². The molecule has 0 spiro atoms. The molecule has 164 valence electrons. The standard InChI is InChI=1S/C27H21ClN2O3/c1-18-9-5-6-12-21(18)26(31)22-16-15-19(17-23(22)28)29-24-13-7-8-14-25(24)30-27(32)33-20-10-3-2-4-11-20/h2-17,29H,1H3,(H,30,32). The van der Waals surface area contributed by atoms with Gasteiger partial charge >= 0.3 is 6.09 Å². The molecular formula is C27H21ClN2O3. The van der Waals surface area contributed by atoms with Gasteiger partial charge in [-0.25, -0.2) is 4.79 Å². The topological polar surface area (TPSA) is 67.4 Å². The van der Waals surface area contributed by atoms with Gasteiger partial charge in [-0.3, -0.25) is 10.1 Å². The summed E-state index contributed by atoms with van der Waals surface area (Å²) < 4.78 is 5.30. The van der Waals surface area contributed by atoms with Crippen molar-refractivity contribution >= 4 is 40.5 Å². The van der Waals surface area contributed by atoms with E-state index in [4.69, 9.17) is 16.3 Å². The summed E-state index contributed by atoms with van der Waals surface area (Å²) in [5, 5.41) is 6.31. The number of aryl methyl sites for hydroxylation is 1. The Labute approximate surface area is 197 Å². The van der Waals surface area contributed by atoms with Crippen LogP contribution in [-0.2, 0) is 0 Å². The number of hydrogen-bond acceptors (Lipinski definition) is 4. The van der Waals surface area contributed by atoms with Crippen LogP contribution in [0.3, 0.4) is 0 Å². The number of halogens is 1. The van der Waals surface area contributed by atoms with Gasteiger partial charge in [-0.05, 0) is 55.0 Å². The molecule has 0 aliphatic carbocycles. The quantitative estimate of drug-likeness (QED) is 0.300. The smallest absolute Gasteiger partial charge is 0.410 e. The first-order valence-corrected chi connectivity index (χ1v) is 10.7. The van der Waals surface area contributed by atoms with Crippen LogP contribution in [0, 0.1) is 6.92 Å². The molecule has 0 aromatic heterocycles. The summed E-state index contributed by atoms with van der Waals surface area (Å²) in [6.07, 6.45) is -0.604. The van der Waals surface area contributed by atoms with Crippen LogP contribution >= 0.6 is 11.6 Å². The van der Waals surface area contributed by atoms with Crippen molar-refractivity contribution in [2.75, 3.05) is 10.6 Å². The third kappa shape index (κ3) is 5.40. The molecule has 1 amide bonds. The van der Waals surface area contributed by atoms with Gasteiger partial charge in [0.05, 0.1) is 16.4 Å². The van der Waals surface area contributed by atoms with E-state index in [-0.39, 0.29) is 5.78 Å². The minimum atomic E-state index is -0.604. The summed E-state index contributed by atoms with van der Waals surface area (Å²) in [5.74, 6) is 0.316. The molecule has 2 N–H and O–H groups in total. The van der Waals surface area contributed by atoms with Gasteiger partial charge in [-0.15, -0.1) is 0 Å². The van der Waals surface area contributed by atoms with Gasteiger partial charge in [0.2, 0.25) is 0 Å². The molecule has 4 rings (SSSR count). The zero-order valence-corrected chi connectivity index (χ0v) is 18.6. The van der Waals surface area contributed by atoms with E-state index in [0.29, 0.717) is 39.0 Å². The lowest BCUT2D eigenvalue weighted by molar-refractivity contribution is 0.103. The number of ether oxygens (including phenoxy) is 1.